The summed E-state index contributed by atoms with van der Waals surface area (Å²) in [5, 5.41) is 5.43. The van der Waals surface area contributed by atoms with Crippen molar-refractivity contribution in [2.24, 2.45) is 0 Å². The maximum absolute atomic E-state index is 12.8. The van der Waals surface area contributed by atoms with E-state index in [0.717, 1.165) is 10.5 Å². The van der Waals surface area contributed by atoms with Crippen molar-refractivity contribution in [3.8, 4) is 0 Å². The van der Waals surface area contributed by atoms with Gasteiger partial charge in [0, 0.05) is 6.04 Å². The molecular formula is C16H21N3O3. The highest BCUT2D eigenvalue weighted by Gasteiger charge is 2.51. The van der Waals surface area contributed by atoms with Crippen LogP contribution < -0.4 is 10.6 Å². The van der Waals surface area contributed by atoms with E-state index in [1.807, 2.05) is 39.0 Å². The lowest BCUT2D eigenvalue weighted by atomic mass is 9.87. The van der Waals surface area contributed by atoms with Crippen molar-refractivity contribution >= 4 is 17.8 Å². The second-order valence-corrected chi connectivity index (χ2v) is 5.67. The van der Waals surface area contributed by atoms with E-state index in [0.29, 0.717) is 6.42 Å². The van der Waals surface area contributed by atoms with Crippen LogP contribution in [-0.4, -0.2) is 35.3 Å². The van der Waals surface area contributed by atoms with E-state index in [2.05, 4.69) is 10.6 Å². The fraction of sp³-hybridized carbons (Fsp3) is 0.438. The summed E-state index contributed by atoms with van der Waals surface area (Å²) in [4.78, 5) is 37.8. The number of urea groups is 1. The van der Waals surface area contributed by atoms with Gasteiger partial charge in [0.05, 0.1) is 0 Å². The monoisotopic (exact) mass is 303 g/mol. The first-order chi connectivity index (χ1) is 10.4. The predicted octanol–water partition coefficient (Wildman–Crippen LogP) is 1.37. The number of carbonyl (C=O) groups excluding carboxylic acids is 3. The van der Waals surface area contributed by atoms with E-state index in [1.165, 1.54) is 0 Å². The molecule has 1 aromatic carbocycles. The first-order valence-electron chi connectivity index (χ1n) is 7.39. The zero-order valence-electron chi connectivity index (χ0n) is 13.1. The molecule has 1 fully saturated rings. The van der Waals surface area contributed by atoms with E-state index >= 15 is 0 Å². The molecule has 0 spiro atoms. The second kappa shape index (κ2) is 6.17. The molecule has 0 bridgehead atoms. The zero-order chi connectivity index (χ0) is 16.3. The number of carbonyl (C=O) groups is 3. The maximum Gasteiger partial charge on any atom is 0.325 e. The fourth-order valence-corrected chi connectivity index (χ4v) is 2.64. The molecular weight excluding hydrogens is 282 g/mol. The quantitative estimate of drug-likeness (QED) is 0.806. The van der Waals surface area contributed by atoms with Gasteiger partial charge in [-0.1, -0.05) is 37.3 Å². The molecule has 1 heterocycles. The van der Waals surface area contributed by atoms with Crippen molar-refractivity contribution in [3.63, 3.8) is 0 Å². The molecule has 118 valence electrons. The average molecular weight is 303 g/mol. The topological polar surface area (TPSA) is 78.5 Å². The van der Waals surface area contributed by atoms with Crippen LogP contribution in [0.3, 0.4) is 0 Å². The summed E-state index contributed by atoms with van der Waals surface area (Å²) in [7, 11) is 0. The first kappa shape index (κ1) is 16.0. The number of rotatable bonds is 5. The van der Waals surface area contributed by atoms with E-state index < -0.39 is 11.6 Å². The summed E-state index contributed by atoms with van der Waals surface area (Å²) in [5.74, 6) is -0.733. The van der Waals surface area contributed by atoms with Crippen molar-refractivity contribution in [1.29, 1.82) is 0 Å². The molecule has 0 aromatic heterocycles. The Morgan fingerprint density at radius 1 is 1.27 bits per heavy atom. The van der Waals surface area contributed by atoms with E-state index in [9.17, 15) is 14.4 Å². The predicted molar refractivity (Wildman–Crippen MR) is 81.9 cm³/mol. The third kappa shape index (κ3) is 2.81. The van der Waals surface area contributed by atoms with Gasteiger partial charge in [-0.15, -0.1) is 0 Å². The van der Waals surface area contributed by atoms with Gasteiger partial charge in [-0.2, -0.15) is 0 Å². The Bertz CT molecular complexity index is 586. The normalized spacial score (nSPS) is 21.2. The van der Waals surface area contributed by atoms with Crippen LogP contribution in [0.1, 0.15) is 32.8 Å². The largest absolute Gasteiger partial charge is 0.352 e. The molecule has 0 saturated carbocycles. The average Bonchev–Trinajstić information content (AvgIpc) is 2.72. The number of benzene rings is 1. The van der Waals surface area contributed by atoms with Crippen LogP contribution in [0.4, 0.5) is 4.79 Å². The minimum absolute atomic E-state index is 0.0432. The lowest BCUT2D eigenvalue weighted by Crippen LogP contribution is -2.45. The molecule has 4 amide bonds. The summed E-state index contributed by atoms with van der Waals surface area (Å²) < 4.78 is 0. The van der Waals surface area contributed by atoms with Gasteiger partial charge in [0.15, 0.2) is 0 Å². The number of nitrogens with one attached hydrogen (secondary N) is 2. The molecule has 0 unspecified atom stereocenters. The number of amides is 4. The molecule has 22 heavy (non-hydrogen) atoms. The highest BCUT2D eigenvalue weighted by molar-refractivity contribution is 6.09. The van der Waals surface area contributed by atoms with Crippen molar-refractivity contribution in [3.05, 3.63) is 35.9 Å². The van der Waals surface area contributed by atoms with Crippen LogP contribution in [0.5, 0.6) is 0 Å². The second-order valence-electron chi connectivity index (χ2n) is 5.67. The highest BCUT2D eigenvalue weighted by Crippen LogP contribution is 2.32. The van der Waals surface area contributed by atoms with Crippen molar-refractivity contribution < 1.29 is 14.4 Å². The van der Waals surface area contributed by atoms with Gasteiger partial charge >= 0.3 is 6.03 Å². The highest BCUT2D eigenvalue weighted by atomic mass is 16.2. The Labute approximate surface area is 129 Å². The number of imide groups is 1. The lowest BCUT2D eigenvalue weighted by Gasteiger charge is -2.25. The Morgan fingerprint density at radius 2 is 1.91 bits per heavy atom. The van der Waals surface area contributed by atoms with Crippen LogP contribution in [0.2, 0.25) is 0 Å². The molecule has 2 rings (SSSR count). The van der Waals surface area contributed by atoms with Gasteiger partial charge in [0.1, 0.15) is 12.1 Å². The van der Waals surface area contributed by atoms with E-state index in [-0.39, 0.29) is 24.4 Å². The molecule has 6 nitrogen and oxygen atoms in total. The minimum atomic E-state index is -1.09. The summed E-state index contributed by atoms with van der Waals surface area (Å²) >= 11 is 0. The molecule has 2 N–H and O–H groups in total. The van der Waals surface area contributed by atoms with Gasteiger partial charge in [-0.25, -0.2) is 4.79 Å². The summed E-state index contributed by atoms with van der Waals surface area (Å²) in [6.45, 7) is 5.22. The number of nitrogens with zero attached hydrogens (tertiary/aromatic N) is 1. The van der Waals surface area contributed by atoms with E-state index in [1.54, 1.807) is 12.1 Å². The molecule has 1 atom stereocenters. The Kier molecular flexibility index (Phi) is 4.49. The standard InChI is InChI=1S/C16H21N3O3/c1-4-16(12-8-6-5-7-9-12)14(21)19(15(22)18-16)10-13(20)17-11(2)3/h5-9,11H,4,10H2,1-3H3,(H,17,20)(H,18,22)/t16-/m0/s1. The third-order valence-electron chi connectivity index (χ3n) is 3.72. The lowest BCUT2D eigenvalue weighted by molar-refractivity contribution is -0.135. The molecule has 0 radical (unpaired) electrons. The van der Waals surface area contributed by atoms with Crippen molar-refractivity contribution in [2.75, 3.05) is 6.54 Å². The van der Waals surface area contributed by atoms with Gasteiger partial charge in [-0.3, -0.25) is 14.5 Å². The van der Waals surface area contributed by atoms with Gasteiger partial charge in [0.25, 0.3) is 5.91 Å². The summed E-state index contributed by atoms with van der Waals surface area (Å²) in [6.07, 6.45) is 0.421. The summed E-state index contributed by atoms with van der Waals surface area (Å²) in [6, 6.07) is 8.52. The first-order valence-corrected chi connectivity index (χ1v) is 7.39. The SMILES string of the molecule is CC[C@@]1(c2ccccc2)NC(=O)N(CC(=O)NC(C)C)C1=O. The molecule has 1 aromatic rings. The van der Waals surface area contributed by atoms with Gasteiger partial charge in [-0.05, 0) is 25.8 Å². The molecule has 1 aliphatic heterocycles. The van der Waals surface area contributed by atoms with Gasteiger partial charge in [0.2, 0.25) is 5.91 Å². The molecule has 0 aliphatic carbocycles. The van der Waals surface area contributed by atoms with Crippen LogP contribution >= 0.6 is 0 Å². The Morgan fingerprint density at radius 3 is 2.45 bits per heavy atom. The van der Waals surface area contributed by atoms with Crippen LogP contribution in [-0.2, 0) is 15.1 Å². The van der Waals surface area contributed by atoms with Gasteiger partial charge < -0.3 is 10.6 Å². The maximum atomic E-state index is 12.8. The Hall–Kier alpha value is -2.37. The smallest absolute Gasteiger partial charge is 0.325 e. The van der Waals surface area contributed by atoms with Crippen LogP contribution in [0.15, 0.2) is 30.3 Å². The number of hydrogen-bond acceptors (Lipinski definition) is 3. The number of hydrogen-bond donors (Lipinski definition) is 2. The van der Waals surface area contributed by atoms with Crippen molar-refractivity contribution in [1.82, 2.24) is 15.5 Å². The molecule has 6 heteroatoms. The third-order valence-corrected chi connectivity index (χ3v) is 3.72. The van der Waals surface area contributed by atoms with Crippen LogP contribution in [0, 0.1) is 0 Å². The van der Waals surface area contributed by atoms with Crippen LogP contribution in [0.25, 0.3) is 0 Å². The zero-order valence-corrected chi connectivity index (χ0v) is 13.1. The fourth-order valence-electron chi connectivity index (χ4n) is 2.64. The molecule has 1 aliphatic rings. The molecule has 1 saturated heterocycles. The summed E-state index contributed by atoms with van der Waals surface area (Å²) in [5.41, 5.74) is -0.362. The minimum Gasteiger partial charge on any atom is -0.352 e. The van der Waals surface area contributed by atoms with Crippen molar-refractivity contribution in [2.45, 2.75) is 38.8 Å². The van der Waals surface area contributed by atoms with E-state index in [4.69, 9.17) is 0 Å². The Balaban J connectivity index is 2.25.